The Bertz CT molecular complexity index is 2850. The van der Waals surface area contributed by atoms with Gasteiger partial charge in [0.25, 0.3) is 0 Å². The first-order valence-electron chi connectivity index (χ1n) is 19.2. The monoisotopic (exact) mass is 1050 g/mol. The summed E-state index contributed by atoms with van der Waals surface area (Å²) in [5.74, 6) is 0. The third-order valence-electron chi connectivity index (χ3n) is 11.1. The molecule has 0 saturated carbocycles. The second-order valence-corrected chi connectivity index (χ2v) is 38.5. The summed E-state index contributed by atoms with van der Waals surface area (Å²) in [6.07, 6.45) is 8.36. The quantitative estimate of drug-likeness (QED) is 0.120. The molecule has 10 rings (SSSR count). The molecule has 276 valence electrons. The van der Waals surface area contributed by atoms with Gasteiger partial charge in [-0.25, -0.2) is 0 Å². The van der Waals surface area contributed by atoms with E-state index < -0.39 is 18.4 Å². The Kier molecular flexibility index (Phi) is 11.3. The van der Waals surface area contributed by atoms with E-state index in [1.165, 1.54) is 132 Å². The zero-order valence-electron chi connectivity index (χ0n) is 31.0. The van der Waals surface area contributed by atoms with E-state index in [1.54, 1.807) is 36.0 Å². The van der Waals surface area contributed by atoms with Crippen LogP contribution in [0.15, 0.2) is 80.4 Å². The second kappa shape index (κ2) is 15.9. The standard InChI is InChI=1S/C17H9S3.C16H6Br2S3.3C4H9.Sn/c1-9-4-11-6-13-12-5-10-2-3-18-14(10)7-16(12)20-17(13)8-15(11)19-9;17-15-3-7-1-9-10-2-8-4-16(18)21-12(8)6-14(10)19-13(9)5-11(7)20-15;3*1-3-4-2;/h2,4-8H,1H3;1-6H;3*1,3-4H2,2H3;. The molecule has 9 heteroatoms. The minimum atomic E-state index is -2.37. The Morgan fingerprint density at radius 3 is 1.20 bits per heavy atom. The summed E-state index contributed by atoms with van der Waals surface area (Å²) in [4.78, 5) is 1.41. The fourth-order valence-electron chi connectivity index (χ4n) is 8.31. The Labute approximate surface area is 362 Å². The van der Waals surface area contributed by atoms with E-state index in [-0.39, 0.29) is 0 Å². The Hall–Kier alpha value is -1.08. The zero-order chi connectivity index (χ0) is 37.1. The van der Waals surface area contributed by atoms with Crippen LogP contribution < -0.4 is 2.89 Å². The first-order chi connectivity index (χ1) is 26.2. The molecular formula is C45H42Br2S6Sn. The first kappa shape index (κ1) is 38.4. The zero-order valence-corrected chi connectivity index (χ0v) is 41.9. The molecule has 0 fully saturated rings. The summed E-state index contributed by atoms with van der Waals surface area (Å²) in [7, 11) is 0. The number of fused-ring (bicyclic) bond motifs is 10. The molecule has 0 saturated heterocycles. The van der Waals surface area contributed by atoms with Gasteiger partial charge in [-0.05, 0) is 79.0 Å². The number of halogens is 2. The average molecular weight is 1050 g/mol. The van der Waals surface area contributed by atoms with E-state index in [4.69, 9.17) is 0 Å². The van der Waals surface area contributed by atoms with Gasteiger partial charge in [0, 0.05) is 29.6 Å². The van der Waals surface area contributed by atoms with E-state index in [2.05, 4.69) is 144 Å². The fourth-order valence-corrected chi connectivity index (χ4v) is 35.3. The van der Waals surface area contributed by atoms with Crippen molar-refractivity contribution in [1.29, 1.82) is 0 Å². The van der Waals surface area contributed by atoms with E-state index in [0.717, 1.165) is 0 Å². The van der Waals surface area contributed by atoms with Crippen LogP contribution in [0.2, 0.25) is 13.3 Å². The van der Waals surface area contributed by atoms with Gasteiger partial charge in [0.15, 0.2) is 0 Å². The fraction of sp³-hybridized carbons (Fsp3) is 0.289. The maximum absolute atomic E-state index is 3.59. The number of benzene rings is 4. The molecule has 0 N–H and O–H groups in total. The predicted octanol–water partition coefficient (Wildman–Crippen LogP) is 18.9. The van der Waals surface area contributed by atoms with Gasteiger partial charge < -0.3 is 0 Å². The number of unbranched alkanes of at least 4 members (excludes halogenated alkanes) is 3. The van der Waals surface area contributed by atoms with Crippen molar-refractivity contribution in [3.8, 4) is 0 Å². The minimum absolute atomic E-state index is 1.20. The van der Waals surface area contributed by atoms with Gasteiger partial charge in [-0.15, -0.1) is 34.0 Å². The number of aryl methyl sites for hydroxylation is 1. The van der Waals surface area contributed by atoms with Crippen LogP contribution in [0.25, 0.3) is 80.7 Å². The van der Waals surface area contributed by atoms with Crippen LogP contribution in [0, 0.1) is 6.92 Å². The third-order valence-corrected chi connectivity index (χ3v) is 36.9. The van der Waals surface area contributed by atoms with Gasteiger partial charge in [-0.1, -0.05) is 0 Å². The third kappa shape index (κ3) is 7.29. The normalized spacial score (nSPS) is 12.6. The van der Waals surface area contributed by atoms with Gasteiger partial charge in [-0.3, -0.25) is 0 Å². The van der Waals surface area contributed by atoms with Gasteiger partial charge in [0.05, 0.1) is 7.57 Å². The molecular weight excluding hydrogens is 1010 g/mol. The van der Waals surface area contributed by atoms with Crippen LogP contribution in [0.3, 0.4) is 0 Å². The van der Waals surface area contributed by atoms with Crippen molar-refractivity contribution in [2.45, 2.75) is 79.5 Å². The molecule has 6 aromatic heterocycles. The van der Waals surface area contributed by atoms with Crippen molar-refractivity contribution in [1.82, 2.24) is 0 Å². The number of hydrogen-bond acceptors (Lipinski definition) is 6. The summed E-state index contributed by atoms with van der Waals surface area (Å²) in [5.41, 5.74) is 0. The van der Waals surface area contributed by atoms with Crippen molar-refractivity contribution >= 4 is 202 Å². The molecule has 0 atom stereocenters. The summed E-state index contributed by atoms with van der Waals surface area (Å²) >= 11 is 16.4. The summed E-state index contributed by atoms with van der Waals surface area (Å²) in [6.45, 7) is 9.37. The van der Waals surface area contributed by atoms with E-state index in [9.17, 15) is 0 Å². The van der Waals surface area contributed by atoms with Crippen LogP contribution in [0.5, 0.6) is 0 Å². The van der Waals surface area contributed by atoms with Gasteiger partial charge >= 0.3 is 216 Å². The van der Waals surface area contributed by atoms with Gasteiger partial charge in [0.1, 0.15) is 0 Å². The van der Waals surface area contributed by atoms with Crippen LogP contribution in [-0.4, -0.2) is 18.4 Å². The predicted molar refractivity (Wildman–Crippen MR) is 265 cm³/mol. The molecule has 54 heavy (non-hydrogen) atoms. The molecule has 6 heterocycles. The second-order valence-electron chi connectivity index (χ2n) is 14.9. The van der Waals surface area contributed by atoms with Crippen LogP contribution >= 0.6 is 99.9 Å². The van der Waals surface area contributed by atoms with Crippen LogP contribution in [-0.2, 0) is 0 Å². The Balaban J connectivity index is 0.000000156. The average Bonchev–Trinajstić information content (AvgIpc) is 4.00. The molecule has 0 unspecified atom stereocenters. The van der Waals surface area contributed by atoms with Crippen molar-refractivity contribution in [2.24, 2.45) is 0 Å². The molecule has 0 bridgehead atoms. The molecule has 0 aliphatic heterocycles. The number of rotatable bonds is 10. The van der Waals surface area contributed by atoms with Gasteiger partial charge in [-0.2, -0.15) is 0 Å². The van der Waals surface area contributed by atoms with Crippen molar-refractivity contribution in [2.75, 3.05) is 0 Å². The number of thiophene rings is 6. The van der Waals surface area contributed by atoms with Crippen LogP contribution in [0.1, 0.15) is 64.2 Å². The Morgan fingerprint density at radius 1 is 0.407 bits per heavy atom. The maximum atomic E-state index is 3.59. The molecule has 0 aliphatic rings. The summed E-state index contributed by atoms with van der Waals surface area (Å²) in [5, 5.41) is 11.2. The Morgan fingerprint density at radius 2 is 0.778 bits per heavy atom. The van der Waals surface area contributed by atoms with Crippen LogP contribution in [0.4, 0.5) is 0 Å². The van der Waals surface area contributed by atoms with Crippen molar-refractivity contribution < 1.29 is 0 Å². The van der Waals surface area contributed by atoms with Gasteiger partial charge in [0.2, 0.25) is 0 Å². The van der Waals surface area contributed by atoms with E-state index >= 15 is 0 Å². The first-order valence-corrected chi connectivity index (χ1v) is 33.2. The molecule has 4 aromatic carbocycles. The van der Waals surface area contributed by atoms with Crippen molar-refractivity contribution in [3.05, 3.63) is 85.2 Å². The SMILES string of the molecule is Brc1cc2cc3c(cc2s1)sc1cc2sc(Br)cc2cc13.CCC[CH2][Sn]([CH2]CCC)([CH2]CCC)[c]1cc2cc3c(cc2s1)sc1cc2sc(C)cc2cc13. The summed E-state index contributed by atoms with van der Waals surface area (Å²) < 4.78 is 20.3. The van der Waals surface area contributed by atoms with E-state index in [0.29, 0.717) is 0 Å². The topological polar surface area (TPSA) is 0 Å². The molecule has 0 amide bonds. The number of hydrogen-bond donors (Lipinski definition) is 0. The van der Waals surface area contributed by atoms with E-state index in [1.807, 2.05) is 36.9 Å². The summed E-state index contributed by atoms with van der Waals surface area (Å²) in [6, 6.07) is 28.7. The molecule has 0 spiro atoms. The van der Waals surface area contributed by atoms with Crippen molar-refractivity contribution in [3.63, 3.8) is 0 Å². The molecule has 0 nitrogen and oxygen atoms in total. The molecule has 0 radical (unpaired) electrons. The molecule has 0 aliphatic carbocycles. The molecule has 10 aromatic rings.